The van der Waals surface area contributed by atoms with E-state index < -0.39 is 5.92 Å². The minimum Gasteiger partial charge on any atom is -0.457 e. The number of benzene rings is 3. The molecule has 5 nitrogen and oxygen atoms in total. The third-order valence-corrected chi connectivity index (χ3v) is 5.19. The second kappa shape index (κ2) is 8.82. The summed E-state index contributed by atoms with van der Waals surface area (Å²) in [6.07, 6.45) is 1.91. The van der Waals surface area contributed by atoms with E-state index in [2.05, 4.69) is 17.6 Å². The van der Waals surface area contributed by atoms with E-state index in [0.717, 1.165) is 24.0 Å². The first kappa shape index (κ1) is 19.7. The summed E-state index contributed by atoms with van der Waals surface area (Å²) in [4.78, 5) is 26.0. The molecule has 0 aromatic heterocycles. The minimum atomic E-state index is -0.526. The number of nitrogens with one attached hydrogen (secondary N) is 2. The van der Waals surface area contributed by atoms with Gasteiger partial charge in [-0.05, 0) is 30.7 Å². The Morgan fingerprint density at radius 1 is 0.867 bits per heavy atom. The molecule has 0 atom stereocenters. The number of rotatable bonds is 6. The summed E-state index contributed by atoms with van der Waals surface area (Å²) >= 11 is 0. The molecule has 3 aromatic rings. The maximum atomic E-state index is 13.4. The number of para-hydroxylation sites is 3. The molecule has 2 N–H and O–H groups in total. The van der Waals surface area contributed by atoms with Crippen LogP contribution < -0.4 is 15.4 Å². The van der Waals surface area contributed by atoms with Crippen LogP contribution in [0.3, 0.4) is 0 Å². The summed E-state index contributed by atoms with van der Waals surface area (Å²) < 4.78 is 5.98. The van der Waals surface area contributed by atoms with Crippen LogP contribution >= 0.6 is 0 Å². The van der Waals surface area contributed by atoms with Gasteiger partial charge in [-0.1, -0.05) is 61.9 Å². The lowest BCUT2D eigenvalue weighted by Crippen LogP contribution is -2.28. The molecule has 30 heavy (non-hydrogen) atoms. The Bertz CT molecular complexity index is 1030. The number of hydrogen-bond acceptors (Lipinski definition) is 3. The number of unbranched alkanes of at least 4 members (excludes halogenated alkanes) is 1. The number of anilines is 1. The van der Waals surface area contributed by atoms with Gasteiger partial charge in [-0.2, -0.15) is 0 Å². The summed E-state index contributed by atoms with van der Waals surface area (Å²) in [6, 6.07) is 22.2. The fourth-order valence-corrected chi connectivity index (χ4v) is 3.66. The number of fused-ring (bicyclic) bond motifs is 2. The summed E-state index contributed by atoms with van der Waals surface area (Å²) in [6.45, 7) is 2.68. The van der Waals surface area contributed by atoms with Crippen molar-refractivity contribution < 1.29 is 14.3 Å². The van der Waals surface area contributed by atoms with Crippen molar-refractivity contribution >= 4 is 17.5 Å². The molecular weight excluding hydrogens is 376 g/mol. The van der Waals surface area contributed by atoms with Gasteiger partial charge in [0.25, 0.3) is 5.91 Å². The van der Waals surface area contributed by atoms with Crippen molar-refractivity contribution in [3.8, 4) is 11.5 Å². The van der Waals surface area contributed by atoms with Crippen molar-refractivity contribution in [3.63, 3.8) is 0 Å². The molecule has 5 heteroatoms. The number of carbonyl (C=O) groups is 2. The predicted molar refractivity (Wildman–Crippen MR) is 117 cm³/mol. The molecule has 3 aromatic carbocycles. The Balaban J connectivity index is 1.64. The van der Waals surface area contributed by atoms with Crippen LogP contribution in [0, 0.1) is 0 Å². The van der Waals surface area contributed by atoms with Crippen LogP contribution in [0.4, 0.5) is 5.69 Å². The van der Waals surface area contributed by atoms with Gasteiger partial charge in [0.2, 0.25) is 5.91 Å². The molecule has 0 saturated heterocycles. The monoisotopic (exact) mass is 400 g/mol. The van der Waals surface area contributed by atoms with E-state index >= 15 is 0 Å². The molecule has 1 aliphatic rings. The Kier molecular flexibility index (Phi) is 5.80. The maximum Gasteiger partial charge on any atom is 0.253 e. The normalized spacial score (nSPS) is 12.3. The third-order valence-electron chi connectivity index (χ3n) is 5.19. The lowest BCUT2D eigenvalue weighted by atomic mass is 9.87. The van der Waals surface area contributed by atoms with Crippen LogP contribution in [0.15, 0.2) is 72.8 Å². The maximum absolute atomic E-state index is 13.4. The van der Waals surface area contributed by atoms with E-state index in [1.165, 1.54) is 0 Å². The van der Waals surface area contributed by atoms with Crippen LogP contribution in [0.1, 0.15) is 47.2 Å². The highest BCUT2D eigenvalue weighted by molar-refractivity contribution is 6.06. The van der Waals surface area contributed by atoms with Crippen molar-refractivity contribution in [2.45, 2.75) is 25.7 Å². The second-order valence-electron chi connectivity index (χ2n) is 7.26. The van der Waals surface area contributed by atoms with Crippen LogP contribution in [-0.4, -0.2) is 18.4 Å². The van der Waals surface area contributed by atoms with Gasteiger partial charge in [-0.25, -0.2) is 0 Å². The summed E-state index contributed by atoms with van der Waals surface area (Å²) in [5.41, 5.74) is 2.56. The number of amides is 2. The van der Waals surface area contributed by atoms with Gasteiger partial charge >= 0.3 is 0 Å². The predicted octanol–water partition coefficient (Wildman–Crippen LogP) is 5.09. The summed E-state index contributed by atoms with van der Waals surface area (Å²) in [7, 11) is 0. The average Bonchev–Trinajstić information content (AvgIpc) is 2.77. The van der Waals surface area contributed by atoms with Crippen molar-refractivity contribution in [1.82, 2.24) is 5.32 Å². The molecule has 2 amide bonds. The standard InChI is InChI=1S/C25H24N2O3/c1-2-3-16-26-24(28)17-10-4-7-13-20(17)27-25(29)23-18-11-5-8-14-21(18)30-22-15-9-6-12-19(22)23/h4-15,23H,2-3,16H2,1H3,(H,26,28)(H,27,29). The second-order valence-corrected chi connectivity index (χ2v) is 7.26. The largest absolute Gasteiger partial charge is 0.457 e. The molecule has 0 fully saturated rings. The van der Waals surface area contributed by atoms with Crippen molar-refractivity contribution in [2.75, 3.05) is 11.9 Å². The van der Waals surface area contributed by atoms with Crippen molar-refractivity contribution in [1.29, 1.82) is 0 Å². The Morgan fingerprint density at radius 3 is 2.13 bits per heavy atom. The zero-order valence-electron chi connectivity index (χ0n) is 16.9. The van der Waals surface area contributed by atoms with Gasteiger partial charge in [0, 0.05) is 17.7 Å². The Morgan fingerprint density at radius 2 is 1.47 bits per heavy atom. The van der Waals surface area contributed by atoms with E-state index in [0.29, 0.717) is 29.3 Å². The summed E-state index contributed by atoms with van der Waals surface area (Å²) in [5.74, 6) is 0.422. The van der Waals surface area contributed by atoms with Crippen molar-refractivity contribution in [3.05, 3.63) is 89.5 Å². The highest BCUT2D eigenvalue weighted by Crippen LogP contribution is 2.44. The molecular formula is C25H24N2O3. The van der Waals surface area contributed by atoms with E-state index in [9.17, 15) is 9.59 Å². The molecule has 152 valence electrons. The topological polar surface area (TPSA) is 67.4 Å². The number of hydrogen-bond donors (Lipinski definition) is 2. The van der Waals surface area contributed by atoms with E-state index in [1.54, 1.807) is 18.2 Å². The SMILES string of the molecule is CCCCNC(=O)c1ccccc1NC(=O)C1c2ccccc2Oc2ccccc21. The van der Waals surface area contributed by atoms with E-state index in [4.69, 9.17) is 4.74 Å². The molecule has 1 heterocycles. The van der Waals surface area contributed by atoms with Crippen LogP contribution in [0.25, 0.3) is 0 Å². The van der Waals surface area contributed by atoms with Gasteiger partial charge in [0.05, 0.1) is 17.2 Å². The van der Waals surface area contributed by atoms with Gasteiger partial charge in [-0.15, -0.1) is 0 Å². The molecule has 0 bridgehead atoms. The van der Waals surface area contributed by atoms with Gasteiger partial charge in [0.15, 0.2) is 0 Å². The lowest BCUT2D eigenvalue weighted by molar-refractivity contribution is -0.116. The molecule has 0 unspecified atom stereocenters. The molecule has 0 aliphatic carbocycles. The third kappa shape index (κ3) is 3.92. The molecule has 1 aliphatic heterocycles. The van der Waals surface area contributed by atoms with Crippen LogP contribution in [-0.2, 0) is 4.79 Å². The fourth-order valence-electron chi connectivity index (χ4n) is 3.66. The molecule has 0 saturated carbocycles. The zero-order valence-corrected chi connectivity index (χ0v) is 16.9. The summed E-state index contributed by atoms with van der Waals surface area (Å²) in [5, 5.41) is 5.89. The average molecular weight is 400 g/mol. The zero-order chi connectivity index (χ0) is 20.9. The highest BCUT2D eigenvalue weighted by atomic mass is 16.5. The smallest absolute Gasteiger partial charge is 0.253 e. The van der Waals surface area contributed by atoms with E-state index in [1.807, 2.05) is 54.6 Å². The molecule has 0 radical (unpaired) electrons. The Labute approximate surface area is 176 Å². The fraction of sp³-hybridized carbons (Fsp3) is 0.200. The van der Waals surface area contributed by atoms with Gasteiger partial charge in [0.1, 0.15) is 11.5 Å². The van der Waals surface area contributed by atoms with Gasteiger partial charge < -0.3 is 15.4 Å². The number of carbonyl (C=O) groups excluding carboxylic acids is 2. The number of ether oxygens (including phenoxy) is 1. The first-order valence-corrected chi connectivity index (χ1v) is 10.2. The van der Waals surface area contributed by atoms with Gasteiger partial charge in [-0.3, -0.25) is 9.59 Å². The molecule has 0 spiro atoms. The lowest BCUT2D eigenvalue weighted by Gasteiger charge is -2.27. The minimum absolute atomic E-state index is 0.188. The first-order valence-electron chi connectivity index (χ1n) is 10.2. The Hall–Kier alpha value is -3.60. The van der Waals surface area contributed by atoms with E-state index in [-0.39, 0.29) is 11.8 Å². The van der Waals surface area contributed by atoms with Crippen LogP contribution in [0.2, 0.25) is 0 Å². The first-order chi connectivity index (χ1) is 14.7. The highest BCUT2D eigenvalue weighted by Gasteiger charge is 2.32. The van der Waals surface area contributed by atoms with Crippen LogP contribution in [0.5, 0.6) is 11.5 Å². The quantitative estimate of drug-likeness (QED) is 0.566. The molecule has 4 rings (SSSR count). The van der Waals surface area contributed by atoms with Crippen molar-refractivity contribution in [2.24, 2.45) is 0 Å².